The molecule has 0 saturated carbocycles. The topological polar surface area (TPSA) is 118 Å². The molecule has 2 rings (SSSR count). The number of hydrogen-bond acceptors (Lipinski definition) is 9. The Kier molecular flexibility index (Phi) is 7.00. The van der Waals surface area contributed by atoms with Crippen LogP contribution in [0.1, 0.15) is 72.5 Å². The molecule has 1 aliphatic heterocycles. The summed E-state index contributed by atoms with van der Waals surface area (Å²) in [6.07, 6.45) is 4.86. The molecular formula is C16H18O9. The molecule has 0 aliphatic carbocycles. The molecule has 0 N–H and O–H groups in total. The van der Waals surface area contributed by atoms with Crippen LogP contribution in [0.5, 0.6) is 0 Å². The third-order valence-electron chi connectivity index (χ3n) is 3.44. The van der Waals surface area contributed by atoms with Crippen molar-refractivity contribution in [2.75, 3.05) is 0 Å². The van der Waals surface area contributed by atoms with Crippen molar-refractivity contribution in [2.45, 2.75) is 51.4 Å². The SMILES string of the molecule is O=C1CCCCCCCCC(=O)OOC(=O)c2ccc(o2)C(=O)OO1. The van der Waals surface area contributed by atoms with Crippen LogP contribution in [-0.2, 0) is 29.1 Å². The zero-order chi connectivity index (χ0) is 18.1. The lowest BCUT2D eigenvalue weighted by molar-refractivity contribution is -0.235. The second-order valence-corrected chi connectivity index (χ2v) is 5.44. The molecule has 136 valence electrons. The average Bonchev–Trinajstić information content (AvgIpc) is 3.09. The minimum Gasteiger partial charge on any atom is -0.442 e. The third-order valence-corrected chi connectivity index (χ3v) is 3.44. The van der Waals surface area contributed by atoms with Crippen LogP contribution in [0.3, 0.4) is 0 Å². The van der Waals surface area contributed by atoms with Crippen molar-refractivity contribution in [2.24, 2.45) is 0 Å². The normalized spacial score (nSPS) is 18.7. The lowest BCUT2D eigenvalue weighted by Gasteiger charge is -2.03. The van der Waals surface area contributed by atoms with Gasteiger partial charge < -0.3 is 4.42 Å². The molecular weight excluding hydrogens is 336 g/mol. The van der Waals surface area contributed by atoms with Gasteiger partial charge in [0.1, 0.15) is 0 Å². The van der Waals surface area contributed by atoms with Gasteiger partial charge in [-0.05, 0) is 25.0 Å². The van der Waals surface area contributed by atoms with Crippen LogP contribution >= 0.6 is 0 Å². The molecule has 9 nitrogen and oxygen atoms in total. The Hall–Kier alpha value is -2.84. The Morgan fingerprint density at radius 3 is 1.40 bits per heavy atom. The molecule has 0 spiro atoms. The summed E-state index contributed by atoms with van der Waals surface area (Å²) in [5.41, 5.74) is 0. The lowest BCUT2D eigenvalue weighted by Crippen LogP contribution is -2.11. The fourth-order valence-corrected chi connectivity index (χ4v) is 2.14. The summed E-state index contributed by atoms with van der Waals surface area (Å²) in [5.74, 6) is -4.24. The van der Waals surface area contributed by atoms with Gasteiger partial charge in [0.2, 0.25) is 11.5 Å². The summed E-state index contributed by atoms with van der Waals surface area (Å²) in [4.78, 5) is 63.7. The zero-order valence-corrected chi connectivity index (χ0v) is 13.5. The van der Waals surface area contributed by atoms with E-state index in [1.54, 1.807) is 0 Å². The highest BCUT2D eigenvalue weighted by molar-refractivity contribution is 5.91. The first-order valence-electron chi connectivity index (χ1n) is 7.99. The summed E-state index contributed by atoms with van der Waals surface area (Å²) in [6.45, 7) is 0. The van der Waals surface area contributed by atoms with Gasteiger partial charge in [-0.2, -0.15) is 0 Å². The van der Waals surface area contributed by atoms with E-state index in [1.165, 1.54) is 0 Å². The molecule has 0 amide bonds. The lowest BCUT2D eigenvalue weighted by atomic mass is 10.1. The first-order chi connectivity index (χ1) is 12.1. The molecule has 9 heteroatoms. The Bertz CT molecular complexity index is 579. The molecule has 0 unspecified atom stereocenters. The van der Waals surface area contributed by atoms with Gasteiger partial charge in [-0.15, -0.1) is 0 Å². The van der Waals surface area contributed by atoms with E-state index in [-0.39, 0.29) is 24.4 Å². The van der Waals surface area contributed by atoms with Crippen molar-refractivity contribution in [3.63, 3.8) is 0 Å². The quantitative estimate of drug-likeness (QED) is 0.648. The van der Waals surface area contributed by atoms with Gasteiger partial charge in [0.25, 0.3) is 0 Å². The van der Waals surface area contributed by atoms with Crippen LogP contribution in [0.25, 0.3) is 0 Å². The van der Waals surface area contributed by atoms with Gasteiger partial charge in [-0.25, -0.2) is 38.7 Å². The molecule has 2 heterocycles. The standard InChI is InChI=1S/C16H18O9/c17-13-7-5-3-1-2-4-6-8-14(18)23-25-16(20)12-10-9-11(21-12)15(19)24-22-13/h9-10H,1-8H2. The number of rotatable bonds is 0. The fraction of sp³-hybridized carbons (Fsp3) is 0.500. The smallest absolute Gasteiger partial charge is 0.421 e. The molecule has 2 bridgehead atoms. The molecule has 1 aliphatic rings. The van der Waals surface area contributed by atoms with E-state index in [2.05, 4.69) is 19.6 Å². The first-order valence-corrected chi connectivity index (χ1v) is 7.99. The number of hydrogen-bond donors (Lipinski definition) is 0. The van der Waals surface area contributed by atoms with Crippen molar-refractivity contribution >= 4 is 23.9 Å². The summed E-state index contributed by atoms with van der Waals surface area (Å²) in [5, 5.41) is 0. The Morgan fingerprint density at radius 2 is 0.960 bits per heavy atom. The van der Waals surface area contributed by atoms with Crippen molar-refractivity contribution in [3.05, 3.63) is 23.7 Å². The molecule has 0 fully saturated rings. The summed E-state index contributed by atoms with van der Waals surface area (Å²) < 4.78 is 4.91. The molecule has 0 atom stereocenters. The third kappa shape index (κ3) is 6.28. The van der Waals surface area contributed by atoms with E-state index in [4.69, 9.17) is 4.42 Å². The van der Waals surface area contributed by atoms with Crippen molar-refractivity contribution < 1.29 is 43.1 Å². The highest BCUT2D eigenvalue weighted by Gasteiger charge is 2.21. The monoisotopic (exact) mass is 354 g/mol. The van der Waals surface area contributed by atoms with Crippen LogP contribution in [0, 0.1) is 0 Å². The van der Waals surface area contributed by atoms with Crippen LogP contribution in [-0.4, -0.2) is 23.9 Å². The zero-order valence-electron chi connectivity index (χ0n) is 13.5. The summed E-state index contributed by atoms with van der Waals surface area (Å²) >= 11 is 0. The molecule has 25 heavy (non-hydrogen) atoms. The van der Waals surface area contributed by atoms with Crippen LogP contribution in [0.4, 0.5) is 0 Å². The highest BCUT2D eigenvalue weighted by atomic mass is 17.2. The number of carbonyl (C=O) groups is 4. The van der Waals surface area contributed by atoms with Crippen molar-refractivity contribution in [1.29, 1.82) is 0 Å². The maximum absolute atomic E-state index is 11.7. The second-order valence-electron chi connectivity index (χ2n) is 5.44. The summed E-state index contributed by atoms with van der Waals surface area (Å²) in [6, 6.07) is 2.26. The predicted molar refractivity (Wildman–Crippen MR) is 78.7 cm³/mol. The Balaban J connectivity index is 1.97. The maximum Gasteiger partial charge on any atom is 0.421 e. The van der Waals surface area contributed by atoms with Gasteiger partial charge in [-0.1, -0.05) is 25.7 Å². The van der Waals surface area contributed by atoms with Crippen molar-refractivity contribution in [3.8, 4) is 0 Å². The van der Waals surface area contributed by atoms with Gasteiger partial charge in [0.05, 0.1) is 12.8 Å². The van der Waals surface area contributed by atoms with E-state index in [0.29, 0.717) is 12.8 Å². The van der Waals surface area contributed by atoms with E-state index in [1.807, 2.05) is 0 Å². The van der Waals surface area contributed by atoms with Crippen molar-refractivity contribution in [1.82, 2.24) is 0 Å². The van der Waals surface area contributed by atoms with Gasteiger partial charge in [-0.3, -0.25) is 0 Å². The van der Waals surface area contributed by atoms with Crippen LogP contribution in [0.2, 0.25) is 0 Å². The first kappa shape index (κ1) is 18.5. The number of fused-ring (bicyclic) bond motifs is 2. The highest BCUT2D eigenvalue weighted by Crippen LogP contribution is 2.13. The second kappa shape index (κ2) is 9.45. The molecule has 0 aromatic carbocycles. The Labute approximate surface area is 143 Å². The van der Waals surface area contributed by atoms with Gasteiger partial charge in [0, 0.05) is 0 Å². The van der Waals surface area contributed by atoms with E-state index in [9.17, 15) is 19.2 Å². The Morgan fingerprint density at radius 1 is 0.560 bits per heavy atom. The van der Waals surface area contributed by atoms with Gasteiger partial charge in [0.15, 0.2) is 0 Å². The largest absolute Gasteiger partial charge is 0.442 e. The number of carbonyl (C=O) groups excluding carboxylic acids is 4. The molecule has 0 radical (unpaired) electrons. The van der Waals surface area contributed by atoms with Crippen LogP contribution < -0.4 is 0 Å². The fourth-order valence-electron chi connectivity index (χ4n) is 2.14. The minimum atomic E-state index is -1.08. The minimum absolute atomic E-state index is 0.120. The number of furan rings is 1. The molecule has 0 saturated heterocycles. The van der Waals surface area contributed by atoms with E-state index >= 15 is 0 Å². The van der Waals surface area contributed by atoms with E-state index < -0.39 is 23.9 Å². The average molecular weight is 354 g/mol. The maximum atomic E-state index is 11.7. The molecule has 1 aromatic rings. The van der Waals surface area contributed by atoms with Crippen LogP contribution in [0.15, 0.2) is 16.5 Å². The molecule has 1 aromatic heterocycles. The summed E-state index contributed by atoms with van der Waals surface area (Å²) in [7, 11) is 0. The van der Waals surface area contributed by atoms with Gasteiger partial charge >= 0.3 is 23.9 Å². The van der Waals surface area contributed by atoms with E-state index in [0.717, 1.165) is 37.8 Å². The predicted octanol–water partition coefficient (Wildman–Crippen LogP) is 2.64.